The van der Waals surface area contributed by atoms with E-state index >= 15 is 0 Å². The summed E-state index contributed by atoms with van der Waals surface area (Å²) in [6.07, 6.45) is 4.98. The Morgan fingerprint density at radius 3 is 2.25 bits per heavy atom. The molecule has 0 aromatic heterocycles. The third-order valence-electron chi connectivity index (χ3n) is 4.52. The molecule has 0 aromatic rings. The zero-order valence-electron chi connectivity index (χ0n) is 17.8. The molecule has 0 atom stereocenters. The van der Waals surface area contributed by atoms with Crippen LogP contribution in [0, 0.1) is 0 Å². The maximum absolute atomic E-state index is 12.0. The number of methoxy groups -OCH3 is 2. The average molecular weight is 408 g/mol. The largest absolute Gasteiger partial charge is 0.385 e. The fourth-order valence-corrected chi connectivity index (χ4v) is 2.84. The maximum atomic E-state index is 12.0. The Kier molecular flexibility index (Phi) is 14.5. The van der Waals surface area contributed by atoms with Gasteiger partial charge in [-0.1, -0.05) is 6.42 Å². The SMILES string of the molecule is COCCCCCC(=O)NC1COC(C)(CCCOCCOCCOC)OC1.[HH]. The van der Waals surface area contributed by atoms with E-state index in [1.54, 1.807) is 14.2 Å². The van der Waals surface area contributed by atoms with E-state index in [-0.39, 0.29) is 13.4 Å². The Hall–Kier alpha value is -0.770. The van der Waals surface area contributed by atoms with Crippen LogP contribution in [0.5, 0.6) is 0 Å². The van der Waals surface area contributed by atoms with Gasteiger partial charge in [0.05, 0.1) is 45.7 Å². The molecule has 8 nitrogen and oxygen atoms in total. The lowest BCUT2D eigenvalue weighted by molar-refractivity contribution is -0.267. The van der Waals surface area contributed by atoms with E-state index in [2.05, 4.69) is 5.32 Å². The predicted octanol–water partition coefficient (Wildman–Crippen LogP) is 2.15. The molecule has 168 valence electrons. The number of nitrogens with one attached hydrogen (secondary N) is 1. The van der Waals surface area contributed by atoms with Gasteiger partial charge in [-0.3, -0.25) is 4.79 Å². The number of hydrogen-bond donors (Lipinski definition) is 1. The molecule has 1 N–H and O–H groups in total. The third kappa shape index (κ3) is 12.6. The van der Waals surface area contributed by atoms with Gasteiger partial charge in [0.25, 0.3) is 0 Å². The van der Waals surface area contributed by atoms with Gasteiger partial charge in [0.15, 0.2) is 5.79 Å². The summed E-state index contributed by atoms with van der Waals surface area (Å²) >= 11 is 0. The van der Waals surface area contributed by atoms with E-state index in [0.717, 1.165) is 38.7 Å². The first-order valence-corrected chi connectivity index (χ1v) is 10.3. The minimum absolute atomic E-state index is 0. The van der Waals surface area contributed by atoms with Crippen LogP contribution in [-0.2, 0) is 33.2 Å². The van der Waals surface area contributed by atoms with E-state index in [4.69, 9.17) is 28.4 Å². The van der Waals surface area contributed by atoms with Crippen LogP contribution < -0.4 is 5.32 Å². The molecule has 0 aliphatic carbocycles. The second kappa shape index (κ2) is 16.1. The minimum atomic E-state index is -0.611. The molecule has 8 heteroatoms. The minimum Gasteiger partial charge on any atom is -0.385 e. The molecule has 0 bridgehead atoms. The number of rotatable bonds is 17. The molecule has 1 saturated heterocycles. The summed E-state index contributed by atoms with van der Waals surface area (Å²) in [7, 11) is 3.34. The monoisotopic (exact) mass is 407 g/mol. The highest BCUT2D eigenvalue weighted by Gasteiger charge is 2.33. The lowest BCUT2D eigenvalue weighted by atomic mass is 10.1. The number of unbranched alkanes of at least 4 members (excludes halogenated alkanes) is 2. The second-order valence-electron chi connectivity index (χ2n) is 7.14. The summed E-state index contributed by atoms with van der Waals surface area (Å²) < 4.78 is 32.5. The first-order valence-electron chi connectivity index (χ1n) is 10.3. The van der Waals surface area contributed by atoms with Gasteiger partial charge in [0.1, 0.15) is 0 Å². The fourth-order valence-electron chi connectivity index (χ4n) is 2.84. The number of carbonyl (C=O) groups is 1. The molecule has 0 unspecified atom stereocenters. The number of hydrogen-bond acceptors (Lipinski definition) is 7. The van der Waals surface area contributed by atoms with Crippen LogP contribution in [0.3, 0.4) is 0 Å². The van der Waals surface area contributed by atoms with Gasteiger partial charge < -0.3 is 33.7 Å². The van der Waals surface area contributed by atoms with Gasteiger partial charge in [-0.05, 0) is 26.2 Å². The quantitative estimate of drug-likeness (QED) is 0.370. The Morgan fingerprint density at radius 1 is 0.929 bits per heavy atom. The van der Waals surface area contributed by atoms with E-state index in [0.29, 0.717) is 52.7 Å². The first kappa shape index (κ1) is 25.3. The summed E-state index contributed by atoms with van der Waals surface area (Å²) in [5.41, 5.74) is 0. The summed E-state index contributed by atoms with van der Waals surface area (Å²) in [6, 6.07) is -0.0833. The average Bonchev–Trinajstić information content (AvgIpc) is 2.68. The zero-order valence-corrected chi connectivity index (χ0v) is 17.8. The molecule has 0 saturated carbocycles. The Labute approximate surface area is 171 Å². The Bertz CT molecular complexity index is 393. The van der Waals surface area contributed by atoms with Crippen molar-refractivity contribution in [3.63, 3.8) is 0 Å². The number of ether oxygens (including phenoxy) is 6. The van der Waals surface area contributed by atoms with E-state index in [9.17, 15) is 4.79 Å². The van der Waals surface area contributed by atoms with Crippen LogP contribution in [0.2, 0.25) is 0 Å². The van der Waals surface area contributed by atoms with Crippen LogP contribution in [0.1, 0.15) is 46.9 Å². The van der Waals surface area contributed by atoms with Gasteiger partial charge in [0, 0.05) is 41.7 Å². The van der Waals surface area contributed by atoms with Crippen LogP contribution in [0.25, 0.3) is 0 Å². The van der Waals surface area contributed by atoms with E-state index < -0.39 is 5.79 Å². The third-order valence-corrected chi connectivity index (χ3v) is 4.52. The molecule has 1 fully saturated rings. The van der Waals surface area contributed by atoms with E-state index in [1.165, 1.54) is 0 Å². The van der Waals surface area contributed by atoms with Gasteiger partial charge in [0.2, 0.25) is 5.91 Å². The van der Waals surface area contributed by atoms with Crippen molar-refractivity contribution in [3.8, 4) is 0 Å². The normalized spacial score (nSPS) is 22.3. The van der Waals surface area contributed by atoms with Crippen molar-refractivity contribution in [1.82, 2.24) is 5.32 Å². The molecule has 1 heterocycles. The van der Waals surface area contributed by atoms with Crippen LogP contribution in [0.4, 0.5) is 0 Å². The molecule has 1 aliphatic rings. The zero-order chi connectivity index (χ0) is 20.5. The number of amides is 1. The highest BCUT2D eigenvalue weighted by atomic mass is 16.7. The molecule has 1 aliphatic heterocycles. The molecule has 0 spiro atoms. The lowest BCUT2D eigenvalue weighted by Gasteiger charge is -2.38. The topological polar surface area (TPSA) is 84.5 Å². The predicted molar refractivity (Wildman–Crippen MR) is 107 cm³/mol. The fraction of sp³-hybridized carbons (Fsp3) is 0.950. The van der Waals surface area contributed by atoms with Gasteiger partial charge in [-0.15, -0.1) is 0 Å². The van der Waals surface area contributed by atoms with Crippen molar-refractivity contribution in [3.05, 3.63) is 0 Å². The van der Waals surface area contributed by atoms with Crippen molar-refractivity contribution in [2.75, 3.05) is 67.1 Å². The van der Waals surface area contributed by atoms with Gasteiger partial charge in [-0.2, -0.15) is 0 Å². The number of carbonyl (C=O) groups excluding carboxylic acids is 1. The molecular weight excluding hydrogens is 366 g/mol. The van der Waals surface area contributed by atoms with Crippen molar-refractivity contribution in [2.45, 2.75) is 57.3 Å². The molecular formula is C20H41NO7. The first-order chi connectivity index (χ1) is 13.6. The van der Waals surface area contributed by atoms with Gasteiger partial charge in [-0.25, -0.2) is 0 Å². The van der Waals surface area contributed by atoms with Crippen molar-refractivity contribution >= 4 is 5.91 Å². The highest BCUT2D eigenvalue weighted by Crippen LogP contribution is 2.24. The summed E-state index contributed by atoms with van der Waals surface area (Å²) in [5, 5.41) is 2.98. The van der Waals surface area contributed by atoms with E-state index in [1.807, 2.05) is 6.92 Å². The Morgan fingerprint density at radius 2 is 1.57 bits per heavy atom. The molecule has 1 rings (SSSR count). The summed E-state index contributed by atoms with van der Waals surface area (Å²) in [4.78, 5) is 12.0. The molecule has 28 heavy (non-hydrogen) atoms. The molecule has 0 radical (unpaired) electrons. The molecule has 1 amide bonds. The smallest absolute Gasteiger partial charge is 0.220 e. The lowest BCUT2D eigenvalue weighted by Crippen LogP contribution is -2.51. The summed E-state index contributed by atoms with van der Waals surface area (Å²) in [5.74, 6) is -0.556. The molecule has 0 aromatic carbocycles. The van der Waals surface area contributed by atoms with Crippen LogP contribution in [-0.4, -0.2) is 84.8 Å². The summed E-state index contributed by atoms with van der Waals surface area (Å²) in [6.45, 7) is 6.60. The van der Waals surface area contributed by atoms with Crippen LogP contribution >= 0.6 is 0 Å². The van der Waals surface area contributed by atoms with Gasteiger partial charge >= 0.3 is 0 Å². The Balaban J connectivity index is 0.00000784. The van der Waals surface area contributed by atoms with Crippen molar-refractivity contribution in [1.29, 1.82) is 0 Å². The maximum Gasteiger partial charge on any atom is 0.220 e. The van der Waals surface area contributed by atoms with Crippen molar-refractivity contribution in [2.24, 2.45) is 0 Å². The van der Waals surface area contributed by atoms with Crippen LogP contribution in [0.15, 0.2) is 0 Å². The highest BCUT2D eigenvalue weighted by molar-refractivity contribution is 5.76. The van der Waals surface area contributed by atoms with Crippen molar-refractivity contribution < 1.29 is 34.6 Å². The standard InChI is InChI=1S/C20H39NO7.H2/c1-20(9-7-11-25-14-15-26-13-12-24-3)27-16-18(17-28-20)21-19(22)8-5-4-6-10-23-2;/h18H,4-17H2,1-3H3,(H,21,22);1H. The second-order valence-corrected chi connectivity index (χ2v) is 7.14.